The highest BCUT2D eigenvalue weighted by molar-refractivity contribution is 7.91. The third kappa shape index (κ3) is 4.52. The molecule has 0 bridgehead atoms. The summed E-state index contributed by atoms with van der Waals surface area (Å²) in [5.41, 5.74) is 8.70. The SMILES string of the molecule is CCCOc1cc2c(cc1CCCc1ccc(OC)c(N)c1)OCCS2(=O)=O. The molecule has 2 aromatic carbocycles. The molecule has 6 nitrogen and oxygen atoms in total. The molecule has 28 heavy (non-hydrogen) atoms. The fourth-order valence-corrected chi connectivity index (χ4v) is 4.51. The molecule has 0 atom stereocenters. The predicted octanol–water partition coefficient (Wildman–Crippen LogP) is 3.41. The largest absolute Gasteiger partial charge is 0.495 e. The van der Waals surface area contributed by atoms with Crippen molar-refractivity contribution in [2.24, 2.45) is 0 Å². The standard InChI is InChI=1S/C21H27NO5S/c1-3-9-26-19-14-21-20(27-10-11-28(21,23)24)13-16(19)6-4-5-15-7-8-18(25-2)17(22)12-15/h7-8,12-14H,3-6,9-11,22H2,1-2H3. The van der Waals surface area contributed by atoms with Crippen LogP contribution in [0, 0.1) is 0 Å². The van der Waals surface area contributed by atoms with Crippen LogP contribution < -0.4 is 19.9 Å². The van der Waals surface area contributed by atoms with Gasteiger partial charge in [0.2, 0.25) is 0 Å². The number of methoxy groups -OCH3 is 1. The van der Waals surface area contributed by atoms with Crippen LogP contribution in [0.4, 0.5) is 5.69 Å². The zero-order valence-corrected chi connectivity index (χ0v) is 17.2. The predicted molar refractivity (Wildman–Crippen MR) is 109 cm³/mol. The van der Waals surface area contributed by atoms with Gasteiger partial charge in [-0.15, -0.1) is 0 Å². The molecule has 0 fully saturated rings. The minimum Gasteiger partial charge on any atom is -0.495 e. The Balaban J connectivity index is 1.77. The van der Waals surface area contributed by atoms with Gasteiger partial charge in [-0.05, 0) is 55.0 Å². The summed E-state index contributed by atoms with van der Waals surface area (Å²) in [7, 11) is -1.71. The molecule has 0 unspecified atom stereocenters. The molecule has 0 aliphatic carbocycles. The minimum absolute atomic E-state index is 0.00541. The average Bonchev–Trinajstić information content (AvgIpc) is 2.66. The molecule has 2 N–H and O–H groups in total. The normalized spacial score (nSPS) is 14.8. The summed E-state index contributed by atoms with van der Waals surface area (Å²) in [5, 5.41) is 0. The molecule has 0 amide bonds. The Kier molecular flexibility index (Phi) is 6.34. The molecule has 0 spiro atoms. The quantitative estimate of drug-likeness (QED) is 0.677. The molecule has 0 saturated heterocycles. The Hall–Kier alpha value is -2.41. The van der Waals surface area contributed by atoms with Gasteiger partial charge >= 0.3 is 0 Å². The molecule has 0 saturated carbocycles. The van der Waals surface area contributed by atoms with Gasteiger partial charge in [0.15, 0.2) is 9.84 Å². The zero-order valence-electron chi connectivity index (χ0n) is 16.4. The van der Waals surface area contributed by atoms with Crippen molar-refractivity contribution in [3.63, 3.8) is 0 Å². The third-order valence-corrected chi connectivity index (χ3v) is 6.43. The molecular formula is C21H27NO5S. The lowest BCUT2D eigenvalue weighted by atomic mass is 10.0. The fourth-order valence-electron chi connectivity index (χ4n) is 3.27. The van der Waals surface area contributed by atoms with Gasteiger partial charge < -0.3 is 19.9 Å². The van der Waals surface area contributed by atoms with E-state index in [1.54, 1.807) is 13.2 Å². The fraction of sp³-hybridized carbons (Fsp3) is 0.429. The maximum Gasteiger partial charge on any atom is 0.185 e. The number of sulfone groups is 1. The molecule has 0 radical (unpaired) electrons. The highest BCUT2D eigenvalue weighted by Gasteiger charge is 2.27. The lowest BCUT2D eigenvalue weighted by molar-refractivity contribution is 0.303. The molecule has 1 heterocycles. The molecule has 1 aliphatic rings. The van der Waals surface area contributed by atoms with Crippen LogP contribution in [0.25, 0.3) is 0 Å². The zero-order chi connectivity index (χ0) is 20.1. The van der Waals surface area contributed by atoms with Gasteiger partial charge in [-0.3, -0.25) is 0 Å². The Bertz CT molecular complexity index is 940. The van der Waals surface area contributed by atoms with E-state index in [9.17, 15) is 8.42 Å². The number of hydrogen-bond acceptors (Lipinski definition) is 6. The Morgan fingerprint density at radius 2 is 1.96 bits per heavy atom. The molecule has 0 aromatic heterocycles. The van der Waals surface area contributed by atoms with Gasteiger partial charge in [0, 0.05) is 6.07 Å². The maximum atomic E-state index is 12.3. The van der Waals surface area contributed by atoms with E-state index in [0.717, 1.165) is 36.8 Å². The number of anilines is 1. The highest BCUT2D eigenvalue weighted by atomic mass is 32.2. The topological polar surface area (TPSA) is 87.8 Å². The molecule has 152 valence electrons. The van der Waals surface area contributed by atoms with Crippen molar-refractivity contribution in [2.75, 3.05) is 31.8 Å². The summed E-state index contributed by atoms with van der Waals surface area (Å²) >= 11 is 0. The summed E-state index contributed by atoms with van der Waals surface area (Å²) in [4.78, 5) is 0.233. The first-order valence-corrected chi connectivity index (χ1v) is 11.2. The van der Waals surface area contributed by atoms with Crippen LogP contribution in [0.2, 0.25) is 0 Å². The van der Waals surface area contributed by atoms with E-state index in [0.29, 0.717) is 29.5 Å². The van der Waals surface area contributed by atoms with Gasteiger partial charge in [0.05, 0.1) is 25.2 Å². The molecular weight excluding hydrogens is 378 g/mol. The van der Waals surface area contributed by atoms with Gasteiger partial charge in [0.1, 0.15) is 28.8 Å². The summed E-state index contributed by atoms with van der Waals surface area (Å²) in [6, 6.07) is 9.25. The van der Waals surface area contributed by atoms with Gasteiger partial charge in [-0.2, -0.15) is 0 Å². The van der Waals surface area contributed by atoms with E-state index in [2.05, 4.69) is 0 Å². The monoisotopic (exact) mass is 405 g/mol. The van der Waals surface area contributed by atoms with Crippen molar-refractivity contribution in [2.45, 2.75) is 37.5 Å². The van der Waals surface area contributed by atoms with Gasteiger partial charge in [-0.25, -0.2) is 8.42 Å². The molecule has 7 heteroatoms. The molecule has 3 rings (SSSR count). The Morgan fingerprint density at radius 1 is 1.14 bits per heavy atom. The summed E-state index contributed by atoms with van der Waals surface area (Å²) in [5.74, 6) is 1.74. The van der Waals surface area contributed by atoms with Crippen molar-refractivity contribution in [1.29, 1.82) is 0 Å². The Morgan fingerprint density at radius 3 is 2.68 bits per heavy atom. The number of hydrogen-bond donors (Lipinski definition) is 1. The summed E-state index contributed by atoms with van der Waals surface area (Å²) in [6.07, 6.45) is 3.32. The number of nitrogens with two attached hydrogens (primary N) is 1. The van der Waals surface area contributed by atoms with Gasteiger partial charge in [0.25, 0.3) is 0 Å². The first-order chi connectivity index (χ1) is 13.4. The van der Waals surface area contributed by atoms with Crippen LogP contribution in [-0.2, 0) is 22.7 Å². The number of fused-ring (bicyclic) bond motifs is 1. The average molecular weight is 406 g/mol. The second-order valence-corrected chi connectivity index (χ2v) is 8.93. The van der Waals surface area contributed by atoms with E-state index < -0.39 is 9.84 Å². The number of aryl methyl sites for hydroxylation is 2. The molecule has 1 aliphatic heterocycles. The van der Waals surface area contributed by atoms with E-state index in [1.165, 1.54) is 0 Å². The van der Waals surface area contributed by atoms with E-state index in [1.807, 2.05) is 31.2 Å². The first kappa shape index (κ1) is 20.3. The molecule has 2 aromatic rings. The summed E-state index contributed by atoms with van der Waals surface area (Å²) < 4.78 is 41.3. The van der Waals surface area contributed by atoms with Crippen LogP contribution >= 0.6 is 0 Å². The first-order valence-electron chi connectivity index (χ1n) is 9.52. The third-order valence-electron chi connectivity index (χ3n) is 4.74. The lowest BCUT2D eigenvalue weighted by Crippen LogP contribution is -2.21. The van der Waals surface area contributed by atoms with Crippen molar-refractivity contribution in [3.05, 3.63) is 41.5 Å². The van der Waals surface area contributed by atoms with Crippen molar-refractivity contribution < 1.29 is 22.6 Å². The lowest BCUT2D eigenvalue weighted by Gasteiger charge is -2.21. The second kappa shape index (κ2) is 8.73. The minimum atomic E-state index is -3.31. The summed E-state index contributed by atoms with van der Waals surface area (Å²) in [6.45, 7) is 2.75. The number of rotatable bonds is 8. The van der Waals surface area contributed by atoms with Crippen molar-refractivity contribution in [3.8, 4) is 17.2 Å². The van der Waals surface area contributed by atoms with Gasteiger partial charge in [-0.1, -0.05) is 13.0 Å². The van der Waals surface area contributed by atoms with Crippen LogP contribution in [-0.4, -0.2) is 34.5 Å². The smallest absolute Gasteiger partial charge is 0.185 e. The van der Waals surface area contributed by atoms with Crippen LogP contribution in [0.15, 0.2) is 35.2 Å². The number of nitrogen functional groups attached to an aromatic ring is 1. The van der Waals surface area contributed by atoms with E-state index >= 15 is 0 Å². The Labute approximate surface area is 166 Å². The van der Waals surface area contributed by atoms with Crippen LogP contribution in [0.3, 0.4) is 0 Å². The number of ether oxygens (including phenoxy) is 3. The second-order valence-electron chi connectivity index (χ2n) is 6.85. The van der Waals surface area contributed by atoms with E-state index in [4.69, 9.17) is 19.9 Å². The highest BCUT2D eigenvalue weighted by Crippen LogP contribution is 2.36. The van der Waals surface area contributed by atoms with Crippen molar-refractivity contribution >= 4 is 15.5 Å². The number of benzene rings is 2. The van der Waals surface area contributed by atoms with E-state index in [-0.39, 0.29) is 17.3 Å². The van der Waals surface area contributed by atoms with Crippen molar-refractivity contribution in [1.82, 2.24) is 0 Å². The van der Waals surface area contributed by atoms with Crippen LogP contribution in [0.1, 0.15) is 30.9 Å². The van der Waals surface area contributed by atoms with Crippen LogP contribution in [0.5, 0.6) is 17.2 Å². The maximum absolute atomic E-state index is 12.3.